The molecule has 1 aromatic carbocycles. The molecular weight excluding hydrogens is 260 g/mol. The van der Waals surface area contributed by atoms with E-state index < -0.39 is 0 Å². The standard InChI is InChI=1S/C18H28N2O/c1-14(2)13-17(16-9-5-4-6-10-16)19-15(3)18(21)20-11-7-8-12-20/h4-6,9-10,14-15,17,19H,7-8,11-13H2,1-3H3. The molecule has 21 heavy (non-hydrogen) atoms. The van der Waals surface area contributed by atoms with Gasteiger partial charge in [0, 0.05) is 19.1 Å². The normalized spacial score (nSPS) is 18.0. The van der Waals surface area contributed by atoms with Gasteiger partial charge in [-0.3, -0.25) is 10.1 Å². The first-order valence-electron chi connectivity index (χ1n) is 8.17. The monoisotopic (exact) mass is 288 g/mol. The van der Waals surface area contributed by atoms with E-state index in [0.29, 0.717) is 5.92 Å². The molecule has 2 unspecified atom stereocenters. The molecule has 0 saturated carbocycles. The molecule has 0 aliphatic carbocycles. The molecule has 0 bridgehead atoms. The summed E-state index contributed by atoms with van der Waals surface area (Å²) in [6.45, 7) is 8.29. The Morgan fingerprint density at radius 3 is 2.33 bits per heavy atom. The summed E-state index contributed by atoms with van der Waals surface area (Å²) in [6.07, 6.45) is 3.33. The highest BCUT2D eigenvalue weighted by molar-refractivity contribution is 5.81. The topological polar surface area (TPSA) is 32.3 Å². The number of amides is 1. The van der Waals surface area contributed by atoms with Gasteiger partial charge in [0.25, 0.3) is 0 Å². The molecule has 1 fully saturated rings. The molecule has 1 aromatic rings. The smallest absolute Gasteiger partial charge is 0.239 e. The van der Waals surface area contributed by atoms with Gasteiger partial charge in [0.15, 0.2) is 0 Å². The van der Waals surface area contributed by atoms with Crippen LogP contribution in [0.5, 0.6) is 0 Å². The first-order chi connectivity index (χ1) is 10.1. The molecule has 1 aliphatic rings. The molecule has 0 radical (unpaired) electrons. The highest BCUT2D eigenvalue weighted by Crippen LogP contribution is 2.22. The zero-order valence-electron chi connectivity index (χ0n) is 13.5. The van der Waals surface area contributed by atoms with Crippen LogP contribution in [0, 0.1) is 5.92 Å². The van der Waals surface area contributed by atoms with Crippen molar-refractivity contribution in [3.05, 3.63) is 35.9 Å². The molecule has 116 valence electrons. The van der Waals surface area contributed by atoms with Crippen LogP contribution in [0.1, 0.15) is 51.6 Å². The molecule has 1 aliphatic heterocycles. The molecule has 1 N–H and O–H groups in total. The molecule has 0 aromatic heterocycles. The summed E-state index contributed by atoms with van der Waals surface area (Å²) in [5.41, 5.74) is 1.27. The third-order valence-corrected chi connectivity index (χ3v) is 4.15. The van der Waals surface area contributed by atoms with Gasteiger partial charge in [0.2, 0.25) is 5.91 Å². The van der Waals surface area contributed by atoms with E-state index in [1.165, 1.54) is 5.56 Å². The first kappa shape index (κ1) is 16.0. The predicted molar refractivity (Wildman–Crippen MR) is 87.0 cm³/mol. The van der Waals surface area contributed by atoms with Gasteiger partial charge in [-0.2, -0.15) is 0 Å². The Kier molecular flexibility index (Phi) is 5.80. The van der Waals surface area contributed by atoms with E-state index in [1.54, 1.807) is 0 Å². The Bertz CT molecular complexity index is 438. The van der Waals surface area contributed by atoms with Crippen molar-refractivity contribution < 1.29 is 4.79 Å². The van der Waals surface area contributed by atoms with Crippen LogP contribution in [-0.2, 0) is 4.79 Å². The minimum Gasteiger partial charge on any atom is -0.341 e. The molecule has 3 heteroatoms. The summed E-state index contributed by atoms with van der Waals surface area (Å²) in [4.78, 5) is 14.5. The van der Waals surface area contributed by atoms with E-state index in [4.69, 9.17) is 0 Å². The van der Waals surface area contributed by atoms with Gasteiger partial charge in [-0.25, -0.2) is 0 Å². The lowest BCUT2D eigenvalue weighted by Crippen LogP contribution is -2.45. The average molecular weight is 288 g/mol. The molecular formula is C18H28N2O. The Morgan fingerprint density at radius 1 is 1.14 bits per heavy atom. The number of nitrogens with zero attached hydrogens (tertiary/aromatic N) is 1. The summed E-state index contributed by atoms with van der Waals surface area (Å²) < 4.78 is 0. The van der Waals surface area contributed by atoms with Crippen LogP contribution in [0.3, 0.4) is 0 Å². The van der Waals surface area contributed by atoms with Crippen molar-refractivity contribution in [1.82, 2.24) is 10.2 Å². The number of rotatable bonds is 6. The third-order valence-electron chi connectivity index (χ3n) is 4.15. The lowest BCUT2D eigenvalue weighted by Gasteiger charge is -2.27. The van der Waals surface area contributed by atoms with Crippen molar-refractivity contribution in [2.45, 2.75) is 52.1 Å². The maximum atomic E-state index is 12.5. The van der Waals surface area contributed by atoms with Crippen LogP contribution >= 0.6 is 0 Å². The van der Waals surface area contributed by atoms with Gasteiger partial charge >= 0.3 is 0 Å². The lowest BCUT2D eigenvalue weighted by molar-refractivity contribution is -0.132. The second-order valence-corrected chi connectivity index (χ2v) is 6.51. The van der Waals surface area contributed by atoms with Crippen LogP contribution in [0.15, 0.2) is 30.3 Å². The van der Waals surface area contributed by atoms with Gasteiger partial charge in [-0.1, -0.05) is 44.2 Å². The molecule has 1 amide bonds. The van der Waals surface area contributed by atoms with Gasteiger partial charge in [-0.05, 0) is 37.7 Å². The summed E-state index contributed by atoms with van der Waals surface area (Å²) in [5.74, 6) is 0.842. The van der Waals surface area contributed by atoms with E-state index in [0.717, 1.165) is 32.4 Å². The van der Waals surface area contributed by atoms with Crippen molar-refractivity contribution in [3.8, 4) is 0 Å². The Balaban J connectivity index is 2.02. The number of hydrogen-bond donors (Lipinski definition) is 1. The quantitative estimate of drug-likeness (QED) is 0.870. The maximum Gasteiger partial charge on any atom is 0.239 e. The predicted octanol–water partition coefficient (Wildman–Crippen LogP) is 3.37. The van der Waals surface area contributed by atoms with Crippen LogP contribution in [0.2, 0.25) is 0 Å². The molecule has 1 saturated heterocycles. The second-order valence-electron chi connectivity index (χ2n) is 6.51. The first-order valence-corrected chi connectivity index (χ1v) is 8.17. The number of carbonyl (C=O) groups excluding carboxylic acids is 1. The Labute approximate surface area is 128 Å². The summed E-state index contributed by atoms with van der Waals surface area (Å²) in [6, 6.07) is 10.6. The lowest BCUT2D eigenvalue weighted by atomic mass is 9.96. The third kappa shape index (κ3) is 4.57. The average Bonchev–Trinajstić information content (AvgIpc) is 3.00. The van der Waals surface area contributed by atoms with Gasteiger partial charge in [-0.15, -0.1) is 0 Å². The zero-order chi connectivity index (χ0) is 15.2. The zero-order valence-corrected chi connectivity index (χ0v) is 13.5. The van der Waals surface area contributed by atoms with E-state index in [9.17, 15) is 4.79 Å². The van der Waals surface area contributed by atoms with Crippen molar-refractivity contribution in [2.24, 2.45) is 5.92 Å². The van der Waals surface area contributed by atoms with Crippen molar-refractivity contribution >= 4 is 5.91 Å². The van der Waals surface area contributed by atoms with E-state index in [-0.39, 0.29) is 18.0 Å². The minimum absolute atomic E-state index is 0.118. The van der Waals surface area contributed by atoms with Gasteiger partial charge < -0.3 is 4.90 Å². The number of hydrogen-bond acceptors (Lipinski definition) is 2. The summed E-state index contributed by atoms with van der Waals surface area (Å²) >= 11 is 0. The van der Waals surface area contributed by atoms with E-state index >= 15 is 0 Å². The highest BCUT2D eigenvalue weighted by Gasteiger charge is 2.25. The number of nitrogens with one attached hydrogen (secondary N) is 1. The molecule has 2 rings (SSSR count). The maximum absolute atomic E-state index is 12.5. The van der Waals surface area contributed by atoms with Gasteiger partial charge in [0.1, 0.15) is 0 Å². The SMILES string of the molecule is CC(C)CC(NC(C)C(=O)N1CCCC1)c1ccccc1. The molecule has 2 atom stereocenters. The fourth-order valence-corrected chi connectivity index (χ4v) is 3.04. The van der Waals surface area contributed by atoms with Crippen LogP contribution in [0.25, 0.3) is 0 Å². The van der Waals surface area contributed by atoms with Crippen LogP contribution in [-0.4, -0.2) is 29.9 Å². The van der Waals surface area contributed by atoms with Gasteiger partial charge in [0.05, 0.1) is 6.04 Å². The van der Waals surface area contributed by atoms with Crippen molar-refractivity contribution in [2.75, 3.05) is 13.1 Å². The van der Waals surface area contributed by atoms with Crippen LogP contribution < -0.4 is 5.32 Å². The highest BCUT2D eigenvalue weighted by atomic mass is 16.2. The minimum atomic E-state index is -0.118. The molecule has 3 nitrogen and oxygen atoms in total. The fraction of sp³-hybridized carbons (Fsp3) is 0.611. The largest absolute Gasteiger partial charge is 0.341 e. The number of carbonyl (C=O) groups is 1. The Hall–Kier alpha value is -1.35. The molecule has 1 heterocycles. The summed E-state index contributed by atoms with van der Waals surface area (Å²) in [5, 5.41) is 3.55. The van der Waals surface area contributed by atoms with Crippen molar-refractivity contribution in [3.63, 3.8) is 0 Å². The van der Waals surface area contributed by atoms with E-state index in [1.807, 2.05) is 17.9 Å². The summed E-state index contributed by atoms with van der Waals surface area (Å²) in [7, 11) is 0. The molecule has 0 spiro atoms. The van der Waals surface area contributed by atoms with Crippen molar-refractivity contribution in [1.29, 1.82) is 0 Å². The number of likely N-dealkylation sites (tertiary alicyclic amines) is 1. The fourth-order valence-electron chi connectivity index (χ4n) is 3.04. The van der Waals surface area contributed by atoms with E-state index in [2.05, 4.69) is 43.4 Å². The second kappa shape index (κ2) is 7.60. The number of benzene rings is 1. The Morgan fingerprint density at radius 2 is 1.76 bits per heavy atom. The van der Waals surface area contributed by atoms with Crippen LogP contribution in [0.4, 0.5) is 0 Å².